The summed E-state index contributed by atoms with van der Waals surface area (Å²) in [6.45, 7) is 0. The van der Waals surface area contributed by atoms with Crippen LogP contribution in [0.25, 0.3) is 22.0 Å². The molecule has 3 aromatic rings. The first-order valence-electron chi connectivity index (χ1n) is 7.08. The first kappa shape index (κ1) is 15.9. The van der Waals surface area contributed by atoms with Crippen LogP contribution in [0.4, 0.5) is 5.69 Å². The SMILES string of the molecule is COc1ccc(-c2[nH]c(=S)c3cc(OC)ccc3c2[N+](=O)[O-])cc1. The molecule has 0 saturated heterocycles. The van der Waals surface area contributed by atoms with E-state index in [1.807, 2.05) is 0 Å². The van der Waals surface area contributed by atoms with Crippen LogP contribution in [0.3, 0.4) is 0 Å². The molecule has 0 spiro atoms. The van der Waals surface area contributed by atoms with Gasteiger partial charge >= 0.3 is 5.69 Å². The van der Waals surface area contributed by atoms with Gasteiger partial charge in [-0.3, -0.25) is 10.1 Å². The summed E-state index contributed by atoms with van der Waals surface area (Å²) in [6, 6.07) is 12.0. The van der Waals surface area contributed by atoms with Crippen molar-refractivity contribution in [2.45, 2.75) is 0 Å². The fourth-order valence-electron chi connectivity index (χ4n) is 2.58. The van der Waals surface area contributed by atoms with E-state index < -0.39 is 4.92 Å². The Morgan fingerprint density at radius 2 is 1.62 bits per heavy atom. The van der Waals surface area contributed by atoms with Gasteiger partial charge in [-0.1, -0.05) is 12.2 Å². The van der Waals surface area contributed by atoms with Crippen molar-refractivity contribution in [3.8, 4) is 22.8 Å². The molecule has 2 aromatic carbocycles. The van der Waals surface area contributed by atoms with Crippen LogP contribution in [0.15, 0.2) is 42.5 Å². The largest absolute Gasteiger partial charge is 0.497 e. The summed E-state index contributed by atoms with van der Waals surface area (Å²) >= 11 is 5.39. The van der Waals surface area contributed by atoms with E-state index in [-0.39, 0.29) is 5.69 Å². The molecule has 6 nitrogen and oxygen atoms in total. The third-order valence-electron chi connectivity index (χ3n) is 3.76. The fourth-order valence-corrected chi connectivity index (χ4v) is 2.85. The summed E-state index contributed by atoms with van der Waals surface area (Å²) in [5.41, 5.74) is 1.00. The highest BCUT2D eigenvalue weighted by molar-refractivity contribution is 7.71. The molecule has 1 heterocycles. The third-order valence-corrected chi connectivity index (χ3v) is 4.09. The molecular weight excluding hydrogens is 328 g/mol. The molecule has 0 unspecified atom stereocenters. The van der Waals surface area contributed by atoms with Crippen molar-refractivity contribution in [1.29, 1.82) is 0 Å². The molecule has 0 aliphatic heterocycles. The van der Waals surface area contributed by atoms with Gasteiger partial charge in [0.05, 0.1) is 24.5 Å². The fraction of sp³-hybridized carbons (Fsp3) is 0.118. The van der Waals surface area contributed by atoms with Crippen LogP contribution in [0.5, 0.6) is 11.5 Å². The lowest BCUT2D eigenvalue weighted by Crippen LogP contribution is -1.98. The Morgan fingerprint density at radius 1 is 1.00 bits per heavy atom. The summed E-state index contributed by atoms with van der Waals surface area (Å²) < 4.78 is 10.7. The smallest absolute Gasteiger partial charge is 0.301 e. The highest BCUT2D eigenvalue weighted by Crippen LogP contribution is 2.37. The highest BCUT2D eigenvalue weighted by Gasteiger charge is 2.22. The molecule has 0 atom stereocenters. The van der Waals surface area contributed by atoms with Crippen LogP contribution in [-0.2, 0) is 0 Å². The van der Waals surface area contributed by atoms with Crippen LogP contribution in [0.2, 0.25) is 0 Å². The Balaban J connectivity index is 2.33. The Kier molecular flexibility index (Phi) is 4.18. The van der Waals surface area contributed by atoms with Crippen LogP contribution in [0, 0.1) is 14.8 Å². The van der Waals surface area contributed by atoms with Crippen molar-refractivity contribution in [2.24, 2.45) is 0 Å². The maximum absolute atomic E-state index is 11.7. The van der Waals surface area contributed by atoms with Crippen LogP contribution in [0.1, 0.15) is 0 Å². The molecule has 1 aromatic heterocycles. The van der Waals surface area contributed by atoms with Gasteiger partial charge in [0.1, 0.15) is 21.8 Å². The molecule has 0 radical (unpaired) electrons. The second-order valence-corrected chi connectivity index (χ2v) is 5.48. The number of benzene rings is 2. The normalized spacial score (nSPS) is 10.6. The van der Waals surface area contributed by atoms with Crippen LogP contribution in [-0.4, -0.2) is 24.1 Å². The maximum Gasteiger partial charge on any atom is 0.301 e. The number of hydrogen-bond donors (Lipinski definition) is 1. The van der Waals surface area contributed by atoms with E-state index in [0.29, 0.717) is 38.2 Å². The number of nitrogens with zero attached hydrogens (tertiary/aromatic N) is 1. The number of pyridine rings is 1. The molecule has 0 bridgehead atoms. The number of aromatic nitrogens is 1. The van der Waals surface area contributed by atoms with E-state index in [4.69, 9.17) is 21.7 Å². The zero-order chi connectivity index (χ0) is 17.3. The zero-order valence-electron chi connectivity index (χ0n) is 13.0. The van der Waals surface area contributed by atoms with E-state index in [2.05, 4.69) is 4.98 Å². The quantitative estimate of drug-likeness (QED) is 0.429. The molecular formula is C17H14N2O4S. The molecule has 0 fully saturated rings. The lowest BCUT2D eigenvalue weighted by molar-refractivity contribution is -0.382. The standard InChI is InChI=1S/C17H14N2O4S/c1-22-11-5-3-10(4-6-11)15-16(19(20)21)13-8-7-12(23-2)9-14(13)17(24)18-15/h3-9H,1-2H3,(H,18,24). The molecule has 1 N–H and O–H groups in total. The Hall–Kier alpha value is -2.93. The molecule has 7 heteroatoms. The van der Waals surface area contributed by atoms with Crippen molar-refractivity contribution >= 4 is 28.7 Å². The second-order valence-electron chi connectivity index (χ2n) is 5.07. The summed E-state index contributed by atoms with van der Waals surface area (Å²) in [5, 5.41) is 12.7. The maximum atomic E-state index is 11.7. The minimum absolute atomic E-state index is 0.0218. The monoisotopic (exact) mass is 342 g/mol. The molecule has 0 amide bonds. The first-order chi connectivity index (χ1) is 11.5. The van der Waals surface area contributed by atoms with Gasteiger partial charge in [0.15, 0.2) is 0 Å². The number of ether oxygens (including phenoxy) is 2. The Labute approximate surface area is 142 Å². The van der Waals surface area contributed by atoms with Gasteiger partial charge in [-0.15, -0.1) is 0 Å². The molecule has 3 rings (SSSR count). The van der Waals surface area contributed by atoms with Crippen molar-refractivity contribution < 1.29 is 14.4 Å². The second kappa shape index (κ2) is 6.29. The van der Waals surface area contributed by atoms with E-state index in [1.54, 1.807) is 49.6 Å². The van der Waals surface area contributed by atoms with E-state index in [0.717, 1.165) is 0 Å². The van der Waals surface area contributed by atoms with Crippen molar-refractivity contribution in [3.05, 3.63) is 57.2 Å². The third kappa shape index (κ3) is 2.69. The Morgan fingerprint density at radius 3 is 2.21 bits per heavy atom. The van der Waals surface area contributed by atoms with Gasteiger partial charge in [-0.05, 0) is 42.5 Å². The van der Waals surface area contributed by atoms with E-state index >= 15 is 0 Å². The predicted octanol–water partition coefficient (Wildman–Crippen LogP) is 4.49. The number of aromatic amines is 1. The molecule has 0 aliphatic carbocycles. The van der Waals surface area contributed by atoms with Gasteiger partial charge in [0, 0.05) is 10.9 Å². The summed E-state index contributed by atoms with van der Waals surface area (Å²) in [4.78, 5) is 14.3. The number of nitrogens with one attached hydrogen (secondary N) is 1. The number of fused-ring (bicyclic) bond motifs is 1. The van der Waals surface area contributed by atoms with Crippen molar-refractivity contribution in [3.63, 3.8) is 0 Å². The van der Waals surface area contributed by atoms with Gasteiger partial charge in [0.2, 0.25) is 0 Å². The number of hydrogen-bond acceptors (Lipinski definition) is 5. The van der Waals surface area contributed by atoms with Crippen LogP contribution < -0.4 is 9.47 Å². The molecule has 0 aliphatic rings. The highest BCUT2D eigenvalue weighted by atomic mass is 32.1. The van der Waals surface area contributed by atoms with Gasteiger partial charge in [0.25, 0.3) is 0 Å². The van der Waals surface area contributed by atoms with Gasteiger partial charge < -0.3 is 14.5 Å². The van der Waals surface area contributed by atoms with Crippen molar-refractivity contribution in [1.82, 2.24) is 4.98 Å². The molecule has 122 valence electrons. The number of methoxy groups -OCH3 is 2. The van der Waals surface area contributed by atoms with E-state index in [9.17, 15) is 10.1 Å². The number of nitro groups is 1. The predicted molar refractivity (Wildman–Crippen MR) is 94.3 cm³/mol. The average Bonchev–Trinajstić information content (AvgIpc) is 2.61. The summed E-state index contributed by atoms with van der Waals surface area (Å²) in [6.07, 6.45) is 0. The van der Waals surface area contributed by atoms with Gasteiger partial charge in [-0.25, -0.2) is 0 Å². The van der Waals surface area contributed by atoms with Crippen LogP contribution >= 0.6 is 12.2 Å². The summed E-state index contributed by atoms with van der Waals surface area (Å²) in [5.74, 6) is 1.26. The lowest BCUT2D eigenvalue weighted by Gasteiger charge is -2.09. The minimum atomic E-state index is -0.403. The topological polar surface area (TPSA) is 77.4 Å². The van der Waals surface area contributed by atoms with E-state index in [1.165, 1.54) is 7.11 Å². The Bertz CT molecular complexity index is 980. The average molecular weight is 342 g/mol. The van der Waals surface area contributed by atoms with Gasteiger partial charge in [-0.2, -0.15) is 0 Å². The lowest BCUT2D eigenvalue weighted by atomic mass is 10.0. The molecule has 0 saturated carbocycles. The molecule has 24 heavy (non-hydrogen) atoms. The number of H-pyrrole nitrogens is 1. The zero-order valence-corrected chi connectivity index (χ0v) is 13.8. The first-order valence-corrected chi connectivity index (χ1v) is 7.49. The van der Waals surface area contributed by atoms with Crippen molar-refractivity contribution in [2.75, 3.05) is 14.2 Å². The number of rotatable bonds is 4. The minimum Gasteiger partial charge on any atom is -0.497 e. The summed E-state index contributed by atoms with van der Waals surface area (Å²) in [7, 11) is 3.10.